The van der Waals surface area contributed by atoms with Gasteiger partial charge in [0.05, 0.1) is 6.54 Å². The topological polar surface area (TPSA) is 78.4 Å². The van der Waals surface area contributed by atoms with Crippen LogP contribution in [0.15, 0.2) is 24.3 Å². The van der Waals surface area contributed by atoms with E-state index in [1.807, 2.05) is 0 Å². The van der Waals surface area contributed by atoms with Crippen LogP contribution in [0.4, 0.5) is 10.5 Å². The molecule has 2 amide bonds. The number of benzene rings is 1. The lowest BCUT2D eigenvalue weighted by Gasteiger charge is -2.10. The molecule has 0 saturated heterocycles. The maximum Gasteiger partial charge on any atom is 0.320 e. The molecule has 1 aromatic rings. The summed E-state index contributed by atoms with van der Waals surface area (Å²) in [5.41, 5.74) is 1.36. The van der Waals surface area contributed by atoms with Crippen LogP contribution in [0.2, 0.25) is 0 Å². The zero-order valence-corrected chi connectivity index (χ0v) is 9.77. The van der Waals surface area contributed by atoms with E-state index in [0.717, 1.165) is 5.56 Å². The fraction of sp³-hybridized carbons (Fsp3) is 0.231. The van der Waals surface area contributed by atoms with E-state index in [0.29, 0.717) is 12.1 Å². The first kappa shape index (κ1) is 13.6. The first-order valence-electron chi connectivity index (χ1n) is 5.41. The monoisotopic (exact) mass is 246 g/mol. The predicted molar refractivity (Wildman–Crippen MR) is 68.3 cm³/mol. The highest BCUT2D eigenvalue weighted by Crippen LogP contribution is 2.16. The molecule has 5 heteroatoms. The third-order valence-corrected chi connectivity index (χ3v) is 2.22. The van der Waals surface area contributed by atoms with Gasteiger partial charge in [0, 0.05) is 12.1 Å². The maximum absolute atomic E-state index is 11.4. The predicted octanol–water partition coefficient (Wildman–Crippen LogP) is 1.46. The quantitative estimate of drug-likeness (QED) is 0.688. The number of carbonyl (C=O) groups is 2. The van der Waals surface area contributed by atoms with Gasteiger partial charge in [-0.15, -0.1) is 6.42 Å². The summed E-state index contributed by atoms with van der Waals surface area (Å²) in [5.74, 6) is 1.42. The standard InChI is InChI=1S/C13H14N2O3/c1-2-9-14-13(18)15-11-6-4-3-5-10(11)7-8-12(16)17/h1,3-6H,7-9H2,(H,16,17)(H2,14,15,18). The number of urea groups is 1. The fourth-order valence-electron chi connectivity index (χ4n) is 1.40. The molecule has 0 aliphatic carbocycles. The van der Waals surface area contributed by atoms with Crippen LogP contribution >= 0.6 is 0 Å². The van der Waals surface area contributed by atoms with Crippen LogP contribution in [-0.4, -0.2) is 23.7 Å². The van der Waals surface area contributed by atoms with Crippen LogP contribution in [0.1, 0.15) is 12.0 Å². The Hall–Kier alpha value is -2.48. The number of terminal acetylenes is 1. The molecule has 0 radical (unpaired) electrons. The first-order valence-corrected chi connectivity index (χ1v) is 5.41. The largest absolute Gasteiger partial charge is 0.481 e. The highest BCUT2D eigenvalue weighted by Gasteiger charge is 2.07. The number of carboxylic acids is 1. The van der Waals surface area contributed by atoms with E-state index >= 15 is 0 Å². The Balaban J connectivity index is 2.67. The molecular formula is C13H14N2O3. The van der Waals surface area contributed by atoms with Crippen LogP contribution in [-0.2, 0) is 11.2 Å². The van der Waals surface area contributed by atoms with Crippen LogP contribution in [0.5, 0.6) is 0 Å². The summed E-state index contributed by atoms with van der Waals surface area (Å²) in [7, 11) is 0. The van der Waals surface area contributed by atoms with Crippen molar-refractivity contribution in [3.8, 4) is 12.3 Å². The van der Waals surface area contributed by atoms with Gasteiger partial charge in [0.15, 0.2) is 0 Å². The Bertz CT molecular complexity index is 477. The van der Waals surface area contributed by atoms with Crippen molar-refractivity contribution in [2.75, 3.05) is 11.9 Å². The van der Waals surface area contributed by atoms with E-state index in [4.69, 9.17) is 11.5 Å². The van der Waals surface area contributed by atoms with Crippen LogP contribution in [0.25, 0.3) is 0 Å². The van der Waals surface area contributed by atoms with Gasteiger partial charge in [0.2, 0.25) is 0 Å². The maximum atomic E-state index is 11.4. The average Bonchev–Trinajstić information content (AvgIpc) is 2.35. The normalized spacial score (nSPS) is 9.28. The summed E-state index contributed by atoms with van der Waals surface area (Å²) in [4.78, 5) is 22.0. The van der Waals surface area contributed by atoms with Crippen molar-refractivity contribution in [2.24, 2.45) is 0 Å². The molecule has 3 N–H and O–H groups in total. The van der Waals surface area contributed by atoms with Gasteiger partial charge in [0.25, 0.3) is 0 Å². The lowest BCUT2D eigenvalue weighted by Crippen LogP contribution is -2.29. The molecule has 0 unspecified atom stereocenters. The molecule has 0 atom stereocenters. The van der Waals surface area contributed by atoms with Gasteiger partial charge < -0.3 is 15.7 Å². The Morgan fingerprint density at radius 2 is 2.06 bits per heavy atom. The Kier molecular flexibility index (Phi) is 5.26. The van der Waals surface area contributed by atoms with Gasteiger partial charge in [-0.05, 0) is 18.1 Å². The Morgan fingerprint density at radius 1 is 1.33 bits per heavy atom. The number of aryl methyl sites for hydroxylation is 1. The van der Waals surface area contributed by atoms with Crippen molar-refractivity contribution in [2.45, 2.75) is 12.8 Å². The number of anilines is 1. The van der Waals surface area contributed by atoms with Gasteiger partial charge in [0.1, 0.15) is 0 Å². The number of para-hydroxylation sites is 1. The molecule has 18 heavy (non-hydrogen) atoms. The highest BCUT2D eigenvalue weighted by molar-refractivity contribution is 5.90. The molecule has 1 aromatic carbocycles. The van der Waals surface area contributed by atoms with Crippen molar-refractivity contribution in [1.29, 1.82) is 0 Å². The van der Waals surface area contributed by atoms with Gasteiger partial charge in [-0.3, -0.25) is 4.79 Å². The summed E-state index contributed by atoms with van der Waals surface area (Å²) >= 11 is 0. The number of aliphatic carboxylic acids is 1. The zero-order valence-electron chi connectivity index (χ0n) is 9.77. The molecule has 0 fully saturated rings. The molecule has 94 valence electrons. The zero-order chi connectivity index (χ0) is 13.4. The molecule has 0 aromatic heterocycles. The third kappa shape index (κ3) is 4.58. The summed E-state index contributed by atoms with van der Waals surface area (Å²) < 4.78 is 0. The number of hydrogen-bond donors (Lipinski definition) is 3. The van der Waals surface area contributed by atoms with Crippen molar-refractivity contribution in [3.63, 3.8) is 0 Å². The highest BCUT2D eigenvalue weighted by atomic mass is 16.4. The average molecular weight is 246 g/mol. The number of nitrogens with one attached hydrogen (secondary N) is 2. The Labute approximate surface area is 105 Å². The molecule has 5 nitrogen and oxygen atoms in total. The van der Waals surface area contributed by atoms with Crippen molar-refractivity contribution >= 4 is 17.7 Å². The van der Waals surface area contributed by atoms with Crippen molar-refractivity contribution < 1.29 is 14.7 Å². The lowest BCUT2D eigenvalue weighted by atomic mass is 10.1. The second-order valence-electron chi connectivity index (χ2n) is 3.56. The minimum absolute atomic E-state index is 0.0185. The smallest absolute Gasteiger partial charge is 0.320 e. The number of rotatable bonds is 5. The fourth-order valence-corrected chi connectivity index (χ4v) is 1.40. The van der Waals surface area contributed by atoms with Crippen LogP contribution in [0.3, 0.4) is 0 Å². The van der Waals surface area contributed by atoms with Gasteiger partial charge in [-0.1, -0.05) is 24.1 Å². The van der Waals surface area contributed by atoms with Crippen LogP contribution < -0.4 is 10.6 Å². The van der Waals surface area contributed by atoms with Crippen molar-refractivity contribution in [1.82, 2.24) is 5.32 Å². The molecule has 0 bridgehead atoms. The van der Waals surface area contributed by atoms with Gasteiger partial charge in [-0.2, -0.15) is 0 Å². The second-order valence-corrected chi connectivity index (χ2v) is 3.56. The summed E-state index contributed by atoms with van der Waals surface area (Å²) in [6.45, 7) is 0.142. The van der Waals surface area contributed by atoms with E-state index in [1.54, 1.807) is 24.3 Å². The number of amides is 2. The number of carbonyl (C=O) groups excluding carboxylic acids is 1. The number of hydrogen-bond acceptors (Lipinski definition) is 2. The summed E-state index contributed by atoms with van der Waals surface area (Å²) in [6, 6.07) is 6.64. The van der Waals surface area contributed by atoms with E-state index in [1.165, 1.54) is 0 Å². The number of carboxylic acid groups (broad SMARTS) is 1. The molecule has 0 aliphatic rings. The van der Waals surface area contributed by atoms with Crippen LogP contribution in [0, 0.1) is 12.3 Å². The van der Waals surface area contributed by atoms with E-state index < -0.39 is 12.0 Å². The van der Waals surface area contributed by atoms with E-state index in [-0.39, 0.29) is 13.0 Å². The molecule has 0 spiro atoms. The molecule has 0 aliphatic heterocycles. The van der Waals surface area contributed by atoms with Crippen molar-refractivity contribution in [3.05, 3.63) is 29.8 Å². The van der Waals surface area contributed by atoms with Gasteiger partial charge >= 0.3 is 12.0 Å². The molecular weight excluding hydrogens is 232 g/mol. The summed E-state index contributed by atoms with van der Waals surface area (Å²) in [5, 5.41) is 13.7. The summed E-state index contributed by atoms with van der Waals surface area (Å²) in [6.07, 6.45) is 5.40. The molecule has 0 saturated carbocycles. The third-order valence-electron chi connectivity index (χ3n) is 2.22. The minimum atomic E-state index is -0.874. The lowest BCUT2D eigenvalue weighted by molar-refractivity contribution is -0.136. The minimum Gasteiger partial charge on any atom is -0.481 e. The SMILES string of the molecule is C#CCNC(=O)Nc1ccccc1CCC(=O)O. The molecule has 0 heterocycles. The first-order chi connectivity index (χ1) is 8.63. The molecule has 1 rings (SSSR count). The van der Waals surface area contributed by atoms with Gasteiger partial charge in [-0.25, -0.2) is 4.79 Å². The van der Waals surface area contributed by atoms with E-state index in [9.17, 15) is 9.59 Å². The Morgan fingerprint density at radius 3 is 2.72 bits per heavy atom. The van der Waals surface area contributed by atoms with E-state index in [2.05, 4.69) is 16.6 Å². The second kappa shape index (κ2) is 6.97.